The van der Waals surface area contributed by atoms with E-state index in [1.54, 1.807) is 19.9 Å². The number of hydrogen-bond acceptors (Lipinski definition) is 9. The van der Waals surface area contributed by atoms with Gasteiger partial charge in [-0.1, -0.05) is 24.6 Å². The highest BCUT2D eigenvalue weighted by atomic mass is 16.7. The zero-order chi connectivity index (χ0) is 22.2. The number of ether oxygens (including phenoxy) is 3. The standard InChI is InChI=1S/C21H32O9/c1-9-4-5-13(29-21-19(26)18(25)17(24)15(8-22)30-21)10(2)7-12(23)16-11(3)20(27)28-14(16)6-9/h4,7,11-19,21-26H,5-6,8H2,1-3H3/b9-4+,10-7+/t11-,12-,13-,14-,15+,16+,17+,18-,19+,21+/m0/s1. The first-order valence-corrected chi connectivity index (χ1v) is 10.3. The Morgan fingerprint density at radius 2 is 1.83 bits per heavy atom. The van der Waals surface area contributed by atoms with Crippen LogP contribution >= 0.6 is 0 Å². The molecule has 1 aliphatic carbocycles. The highest BCUT2D eigenvalue weighted by molar-refractivity contribution is 5.75. The van der Waals surface area contributed by atoms with Crippen molar-refractivity contribution >= 4 is 5.97 Å². The number of hydrogen-bond donors (Lipinski definition) is 5. The normalized spacial score (nSPS) is 48.7. The van der Waals surface area contributed by atoms with Crippen LogP contribution in [-0.4, -0.2) is 87.1 Å². The molecule has 2 aliphatic heterocycles. The van der Waals surface area contributed by atoms with Crippen LogP contribution < -0.4 is 0 Å². The molecule has 2 saturated heterocycles. The van der Waals surface area contributed by atoms with Crippen molar-refractivity contribution in [2.75, 3.05) is 6.61 Å². The van der Waals surface area contributed by atoms with Crippen molar-refractivity contribution < 1.29 is 44.5 Å². The van der Waals surface area contributed by atoms with Gasteiger partial charge in [0.25, 0.3) is 0 Å². The summed E-state index contributed by atoms with van der Waals surface area (Å²) in [7, 11) is 0. The lowest BCUT2D eigenvalue weighted by atomic mass is 9.82. The topological polar surface area (TPSA) is 146 Å². The smallest absolute Gasteiger partial charge is 0.309 e. The number of aliphatic hydroxyl groups is 5. The fraction of sp³-hybridized carbons (Fsp3) is 0.762. The third-order valence-electron chi connectivity index (χ3n) is 6.33. The van der Waals surface area contributed by atoms with E-state index < -0.39 is 61.5 Å². The molecule has 170 valence electrons. The Labute approximate surface area is 175 Å². The van der Waals surface area contributed by atoms with Crippen molar-refractivity contribution in [2.45, 2.75) is 82.6 Å². The van der Waals surface area contributed by atoms with E-state index in [0.29, 0.717) is 18.4 Å². The van der Waals surface area contributed by atoms with E-state index in [-0.39, 0.29) is 11.9 Å². The van der Waals surface area contributed by atoms with E-state index >= 15 is 0 Å². The monoisotopic (exact) mass is 428 g/mol. The molecule has 2 fully saturated rings. The summed E-state index contributed by atoms with van der Waals surface area (Å²) in [5.41, 5.74) is 1.63. The minimum Gasteiger partial charge on any atom is -0.461 e. The van der Waals surface area contributed by atoms with Crippen molar-refractivity contribution in [1.82, 2.24) is 0 Å². The van der Waals surface area contributed by atoms with Gasteiger partial charge in [0, 0.05) is 12.3 Å². The molecule has 2 heterocycles. The molecule has 30 heavy (non-hydrogen) atoms. The van der Waals surface area contributed by atoms with E-state index in [4.69, 9.17) is 14.2 Å². The zero-order valence-corrected chi connectivity index (χ0v) is 17.4. The van der Waals surface area contributed by atoms with Crippen LogP contribution in [0.4, 0.5) is 0 Å². The van der Waals surface area contributed by atoms with Crippen LogP contribution in [0.25, 0.3) is 0 Å². The summed E-state index contributed by atoms with van der Waals surface area (Å²) < 4.78 is 16.8. The predicted molar refractivity (Wildman–Crippen MR) is 104 cm³/mol. The van der Waals surface area contributed by atoms with Crippen molar-refractivity contribution in [3.63, 3.8) is 0 Å². The van der Waals surface area contributed by atoms with Gasteiger partial charge in [-0.05, 0) is 25.8 Å². The molecule has 5 N–H and O–H groups in total. The summed E-state index contributed by atoms with van der Waals surface area (Å²) in [6, 6.07) is 0. The summed E-state index contributed by atoms with van der Waals surface area (Å²) in [5, 5.41) is 50.4. The van der Waals surface area contributed by atoms with Gasteiger partial charge in [0.2, 0.25) is 0 Å². The van der Waals surface area contributed by atoms with Gasteiger partial charge in [-0.25, -0.2) is 0 Å². The van der Waals surface area contributed by atoms with Gasteiger partial charge in [0.1, 0.15) is 30.5 Å². The average molecular weight is 428 g/mol. The Hall–Kier alpha value is -1.33. The number of esters is 1. The molecule has 0 spiro atoms. The molecule has 0 saturated carbocycles. The van der Waals surface area contributed by atoms with Gasteiger partial charge in [0.05, 0.1) is 24.7 Å². The van der Waals surface area contributed by atoms with Crippen molar-refractivity contribution in [1.29, 1.82) is 0 Å². The van der Waals surface area contributed by atoms with E-state index in [1.165, 1.54) is 0 Å². The predicted octanol–water partition coefficient (Wildman–Crippen LogP) is -0.604. The van der Waals surface area contributed by atoms with Gasteiger partial charge in [-0.3, -0.25) is 4.79 Å². The largest absolute Gasteiger partial charge is 0.461 e. The van der Waals surface area contributed by atoms with Gasteiger partial charge >= 0.3 is 5.97 Å². The quantitative estimate of drug-likeness (QED) is 0.294. The van der Waals surface area contributed by atoms with Crippen LogP contribution in [0.2, 0.25) is 0 Å². The third-order valence-corrected chi connectivity index (χ3v) is 6.33. The highest BCUT2D eigenvalue weighted by Crippen LogP contribution is 2.36. The summed E-state index contributed by atoms with van der Waals surface area (Å²) in [6.45, 7) is 4.87. The van der Waals surface area contributed by atoms with Gasteiger partial charge in [-0.2, -0.15) is 0 Å². The van der Waals surface area contributed by atoms with Crippen LogP contribution in [-0.2, 0) is 19.0 Å². The Morgan fingerprint density at radius 3 is 2.50 bits per heavy atom. The molecular weight excluding hydrogens is 396 g/mol. The molecule has 0 radical (unpaired) electrons. The Kier molecular flexibility index (Phi) is 7.34. The van der Waals surface area contributed by atoms with E-state index in [0.717, 1.165) is 5.57 Å². The molecule has 0 aromatic carbocycles. The number of rotatable bonds is 3. The highest BCUT2D eigenvalue weighted by Gasteiger charge is 2.47. The molecule has 0 aromatic heterocycles. The maximum Gasteiger partial charge on any atom is 0.309 e. The summed E-state index contributed by atoms with van der Waals surface area (Å²) in [4.78, 5) is 12.0. The molecule has 0 amide bonds. The second-order valence-electron chi connectivity index (χ2n) is 8.55. The zero-order valence-electron chi connectivity index (χ0n) is 17.4. The first-order chi connectivity index (χ1) is 14.1. The Balaban J connectivity index is 1.83. The lowest BCUT2D eigenvalue weighted by molar-refractivity contribution is -0.308. The maximum absolute atomic E-state index is 12.0. The van der Waals surface area contributed by atoms with Gasteiger partial charge in [0.15, 0.2) is 6.29 Å². The minimum absolute atomic E-state index is 0.323. The van der Waals surface area contributed by atoms with Gasteiger partial charge < -0.3 is 39.7 Å². The summed E-state index contributed by atoms with van der Waals surface area (Å²) >= 11 is 0. The van der Waals surface area contributed by atoms with E-state index in [2.05, 4.69) is 0 Å². The first kappa shape index (κ1) is 23.3. The van der Waals surface area contributed by atoms with Crippen LogP contribution in [0, 0.1) is 11.8 Å². The lowest BCUT2D eigenvalue weighted by Gasteiger charge is -2.41. The fourth-order valence-electron chi connectivity index (χ4n) is 4.39. The molecule has 3 aliphatic rings. The van der Waals surface area contributed by atoms with Crippen molar-refractivity contribution in [3.8, 4) is 0 Å². The first-order valence-electron chi connectivity index (χ1n) is 10.3. The maximum atomic E-state index is 12.0. The molecule has 0 bridgehead atoms. The molecule has 10 atom stereocenters. The second kappa shape index (κ2) is 9.44. The molecule has 0 unspecified atom stereocenters. The number of carbonyl (C=O) groups is 1. The van der Waals surface area contributed by atoms with Gasteiger partial charge in [-0.15, -0.1) is 0 Å². The van der Waals surface area contributed by atoms with Crippen LogP contribution in [0.1, 0.15) is 33.6 Å². The average Bonchev–Trinajstić information content (AvgIpc) is 2.97. The van der Waals surface area contributed by atoms with Crippen LogP contribution in [0.15, 0.2) is 23.3 Å². The molecular formula is C21H32O9. The second-order valence-corrected chi connectivity index (χ2v) is 8.55. The SMILES string of the molecule is C/C1=C\C[C@H](O[C@@H]2O[C@H](CO)[C@@H](O)[C@H](O)[C@H]2O)/C(C)=C/[C@H](O)[C@@H]2[C@H](C1)OC(=O)[C@H]2C. The van der Waals surface area contributed by atoms with Crippen molar-refractivity contribution in [3.05, 3.63) is 23.3 Å². The molecule has 0 aromatic rings. The molecule has 9 heteroatoms. The lowest BCUT2D eigenvalue weighted by Crippen LogP contribution is -2.59. The number of carbonyl (C=O) groups excluding carboxylic acids is 1. The molecule has 3 rings (SSSR count). The van der Waals surface area contributed by atoms with Crippen LogP contribution in [0.5, 0.6) is 0 Å². The Bertz CT molecular complexity index is 688. The molecule has 9 nitrogen and oxygen atoms in total. The minimum atomic E-state index is -1.53. The van der Waals surface area contributed by atoms with Crippen molar-refractivity contribution in [2.24, 2.45) is 11.8 Å². The van der Waals surface area contributed by atoms with E-state index in [1.807, 2.05) is 13.0 Å². The number of fused-ring (bicyclic) bond motifs is 1. The third kappa shape index (κ3) is 4.62. The van der Waals surface area contributed by atoms with Crippen LogP contribution in [0.3, 0.4) is 0 Å². The summed E-state index contributed by atoms with van der Waals surface area (Å²) in [5.74, 6) is -1.15. The summed E-state index contributed by atoms with van der Waals surface area (Å²) in [6.07, 6.45) is -4.30. The Morgan fingerprint density at radius 1 is 1.13 bits per heavy atom. The fourth-order valence-corrected chi connectivity index (χ4v) is 4.39. The van der Waals surface area contributed by atoms with E-state index in [9.17, 15) is 30.3 Å². The number of aliphatic hydroxyl groups excluding tert-OH is 5.